The average Bonchev–Trinajstić information content (AvgIpc) is 2.69. The molecule has 2 N–H and O–H groups in total. The molecule has 5 heteroatoms. The smallest absolute Gasteiger partial charge is 0.224 e. The number of rotatable bonds is 5. The van der Waals surface area contributed by atoms with Crippen molar-refractivity contribution in [2.24, 2.45) is 11.7 Å². The molecule has 1 amide bonds. The molecule has 1 rings (SSSR count). The topological polar surface area (TPSA) is 55.6 Å². The number of carbonyl (C=O) groups is 1. The Bertz CT molecular complexity index is 265. The Balaban J connectivity index is 2.32. The predicted octanol–water partition coefficient (Wildman–Crippen LogP) is 0.936. The summed E-state index contributed by atoms with van der Waals surface area (Å²) in [6, 6.07) is 0. The number of carbonyl (C=O) groups excluding carboxylic acids is 1. The molecule has 1 fully saturated rings. The lowest BCUT2D eigenvalue weighted by Gasteiger charge is -2.22. The van der Waals surface area contributed by atoms with E-state index in [-0.39, 0.29) is 17.9 Å². The highest BCUT2D eigenvalue weighted by atomic mass is 32.1. The zero-order valence-electron chi connectivity index (χ0n) is 9.94. The quantitative estimate of drug-likeness (QED) is 0.731. The largest absolute Gasteiger partial charge is 0.393 e. The van der Waals surface area contributed by atoms with Crippen molar-refractivity contribution in [3.8, 4) is 0 Å². The molecule has 0 aromatic heterocycles. The van der Waals surface area contributed by atoms with Gasteiger partial charge in [-0.15, -0.1) is 0 Å². The second-order valence-electron chi connectivity index (χ2n) is 4.42. The number of hydrogen-bond acceptors (Lipinski definition) is 3. The highest BCUT2D eigenvalue weighted by Gasteiger charge is 2.22. The molecular formula is C11H20N2O2S. The number of nitrogens with two attached hydrogens (primary N) is 1. The molecule has 0 saturated carbocycles. The van der Waals surface area contributed by atoms with Crippen molar-refractivity contribution in [2.45, 2.75) is 32.3 Å². The van der Waals surface area contributed by atoms with Gasteiger partial charge in [0.05, 0.1) is 17.5 Å². The first-order valence-corrected chi connectivity index (χ1v) is 6.06. The lowest BCUT2D eigenvalue weighted by Crippen LogP contribution is -2.36. The molecule has 16 heavy (non-hydrogen) atoms. The number of hydrogen-bond donors (Lipinski definition) is 1. The first kappa shape index (κ1) is 13.4. The lowest BCUT2D eigenvalue weighted by atomic mass is 10.1. The minimum Gasteiger partial charge on any atom is -0.393 e. The van der Waals surface area contributed by atoms with Gasteiger partial charge in [-0.2, -0.15) is 0 Å². The summed E-state index contributed by atoms with van der Waals surface area (Å²) in [5.41, 5.74) is 5.52. The van der Waals surface area contributed by atoms with Gasteiger partial charge in [0.15, 0.2) is 0 Å². The molecule has 2 unspecified atom stereocenters. The van der Waals surface area contributed by atoms with Crippen LogP contribution in [0.3, 0.4) is 0 Å². The van der Waals surface area contributed by atoms with Crippen molar-refractivity contribution in [1.82, 2.24) is 4.90 Å². The van der Waals surface area contributed by atoms with Crippen LogP contribution < -0.4 is 5.73 Å². The minimum atomic E-state index is 0.0634. The average molecular weight is 244 g/mol. The van der Waals surface area contributed by atoms with Gasteiger partial charge in [-0.3, -0.25) is 4.79 Å². The summed E-state index contributed by atoms with van der Waals surface area (Å²) >= 11 is 4.88. The highest BCUT2D eigenvalue weighted by Crippen LogP contribution is 2.16. The molecule has 0 bridgehead atoms. The van der Waals surface area contributed by atoms with Gasteiger partial charge in [-0.1, -0.05) is 19.1 Å². The van der Waals surface area contributed by atoms with Gasteiger partial charge in [0.2, 0.25) is 5.91 Å². The lowest BCUT2D eigenvalue weighted by molar-refractivity contribution is -0.132. The first-order chi connectivity index (χ1) is 7.50. The molecule has 1 aliphatic rings. The van der Waals surface area contributed by atoms with Crippen LogP contribution in [-0.4, -0.2) is 42.1 Å². The fourth-order valence-electron chi connectivity index (χ4n) is 1.76. The van der Waals surface area contributed by atoms with E-state index in [0.717, 1.165) is 19.4 Å². The Morgan fingerprint density at radius 2 is 2.38 bits per heavy atom. The fraction of sp³-hybridized carbons (Fsp3) is 0.818. The SMILES string of the molecule is CC(CN(C)C(=O)CC1CCCO1)C(N)=S. The van der Waals surface area contributed by atoms with E-state index < -0.39 is 0 Å². The Morgan fingerprint density at radius 3 is 2.88 bits per heavy atom. The summed E-state index contributed by atoms with van der Waals surface area (Å²) in [5.74, 6) is 0.170. The maximum atomic E-state index is 11.8. The molecule has 1 heterocycles. The third-order valence-corrected chi connectivity index (χ3v) is 3.29. The summed E-state index contributed by atoms with van der Waals surface area (Å²) in [5, 5.41) is 0. The molecule has 1 saturated heterocycles. The van der Waals surface area contributed by atoms with E-state index in [1.807, 2.05) is 6.92 Å². The molecule has 1 aliphatic heterocycles. The van der Waals surface area contributed by atoms with Crippen molar-refractivity contribution in [2.75, 3.05) is 20.2 Å². The molecule has 0 aromatic rings. The van der Waals surface area contributed by atoms with Crippen LogP contribution >= 0.6 is 12.2 Å². The summed E-state index contributed by atoms with van der Waals surface area (Å²) in [7, 11) is 1.78. The molecule has 0 radical (unpaired) electrons. The van der Waals surface area contributed by atoms with E-state index >= 15 is 0 Å². The van der Waals surface area contributed by atoms with Crippen LogP contribution in [0.25, 0.3) is 0 Å². The molecule has 92 valence electrons. The normalized spacial score (nSPS) is 21.8. The maximum absolute atomic E-state index is 11.8. The van der Waals surface area contributed by atoms with Crippen LogP contribution in [-0.2, 0) is 9.53 Å². The Labute approximate surface area is 102 Å². The Hall–Kier alpha value is -0.680. The Kier molecular flexibility index (Phi) is 5.15. The molecule has 0 aliphatic carbocycles. The van der Waals surface area contributed by atoms with Gasteiger partial charge in [0, 0.05) is 26.1 Å². The number of ether oxygens (including phenoxy) is 1. The molecule has 0 aromatic carbocycles. The molecule has 0 spiro atoms. The summed E-state index contributed by atoms with van der Waals surface area (Å²) in [6.45, 7) is 3.30. The van der Waals surface area contributed by atoms with Crippen LogP contribution in [0.5, 0.6) is 0 Å². The van der Waals surface area contributed by atoms with Crippen LogP contribution in [0.2, 0.25) is 0 Å². The van der Waals surface area contributed by atoms with Crippen molar-refractivity contribution < 1.29 is 9.53 Å². The monoisotopic (exact) mass is 244 g/mol. The second kappa shape index (κ2) is 6.15. The van der Waals surface area contributed by atoms with Crippen molar-refractivity contribution in [1.29, 1.82) is 0 Å². The fourth-order valence-corrected chi connectivity index (χ4v) is 1.83. The second-order valence-corrected chi connectivity index (χ2v) is 4.89. The molecular weight excluding hydrogens is 224 g/mol. The number of amides is 1. The van der Waals surface area contributed by atoms with Crippen molar-refractivity contribution >= 4 is 23.1 Å². The number of thiocarbonyl (C=S) groups is 1. The van der Waals surface area contributed by atoms with E-state index in [2.05, 4.69) is 0 Å². The van der Waals surface area contributed by atoms with Crippen LogP contribution in [0, 0.1) is 5.92 Å². The van der Waals surface area contributed by atoms with Gasteiger partial charge >= 0.3 is 0 Å². The molecule has 2 atom stereocenters. The van der Waals surface area contributed by atoms with Crippen LogP contribution in [0.4, 0.5) is 0 Å². The predicted molar refractivity (Wildman–Crippen MR) is 67.2 cm³/mol. The van der Waals surface area contributed by atoms with Gasteiger partial charge in [-0.05, 0) is 12.8 Å². The summed E-state index contributed by atoms with van der Waals surface area (Å²) < 4.78 is 5.43. The first-order valence-electron chi connectivity index (χ1n) is 5.65. The van der Waals surface area contributed by atoms with E-state index in [1.165, 1.54) is 0 Å². The summed E-state index contributed by atoms with van der Waals surface area (Å²) in [6.07, 6.45) is 2.63. The van der Waals surface area contributed by atoms with Gasteiger partial charge < -0.3 is 15.4 Å². The third-order valence-electron chi connectivity index (χ3n) is 2.89. The Morgan fingerprint density at radius 1 is 1.69 bits per heavy atom. The van der Waals surface area contributed by atoms with Gasteiger partial charge in [0.1, 0.15) is 0 Å². The third kappa shape index (κ3) is 4.06. The van der Waals surface area contributed by atoms with Gasteiger partial charge in [-0.25, -0.2) is 0 Å². The highest BCUT2D eigenvalue weighted by molar-refractivity contribution is 7.80. The maximum Gasteiger partial charge on any atom is 0.224 e. The standard InChI is InChI=1S/C11H20N2O2S/c1-8(11(12)16)7-13(2)10(14)6-9-4-3-5-15-9/h8-9H,3-7H2,1-2H3,(H2,12,16). The van der Waals surface area contributed by atoms with Crippen LogP contribution in [0.1, 0.15) is 26.2 Å². The van der Waals surface area contributed by atoms with Crippen LogP contribution in [0.15, 0.2) is 0 Å². The van der Waals surface area contributed by atoms with E-state index in [9.17, 15) is 4.79 Å². The summed E-state index contributed by atoms with van der Waals surface area (Å²) in [4.78, 5) is 14.0. The van der Waals surface area contributed by atoms with E-state index in [1.54, 1.807) is 11.9 Å². The number of nitrogens with zero attached hydrogens (tertiary/aromatic N) is 1. The van der Waals surface area contributed by atoms with Gasteiger partial charge in [0.25, 0.3) is 0 Å². The minimum absolute atomic E-state index is 0.0634. The zero-order chi connectivity index (χ0) is 12.1. The zero-order valence-corrected chi connectivity index (χ0v) is 10.8. The van der Waals surface area contributed by atoms with Crippen molar-refractivity contribution in [3.63, 3.8) is 0 Å². The van der Waals surface area contributed by atoms with E-state index in [4.69, 9.17) is 22.7 Å². The molecule has 4 nitrogen and oxygen atoms in total. The van der Waals surface area contributed by atoms with E-state index in [0.29, 0.717) is 18.0 Å². The van der Waals surface area contributed by atoms with Crippen molar-refractivity contribution in [3.05, 3.63) is 0 Å².